The molecular weight excluding hydrogens is 701 g/mol. The highest BCUT2D eigenvalue weighted by Crippen LogP contribution is 2.59. The summed E-state index contributed by atoms with van der Waals surface area (Å²) in [5, 5.41) is 0. The maximum absolute atomic E-state index is 3.43. The first-order valence-corrected chi connectivity index (χ1v) is 27.9. The Hall–Kier alpha value is -0.0800. The van der Waals surface area contributed by atoms with Crippen LogP contribution < -0.4 is 0 Å². The Morgan fingerprint density at radius 2 is 1.07 bits per heavy atom. The molecule has 10 rings (SSSR count). The molecule has 0 radical (unpaired) electrons. The second-order valence-corrected chi connectivity index (χ2v) is 25.5. The third kappa shape index (κ3) is 8.26. The maximum atomic E-state index is 3.43. The van der Waals surface area contributed by atoms with E-state index in [2.05, 4.69) is 37.5 Å². The number of rotatable bonds is 7. The van der Waals surface area contributed by atoms with Crippen LogP contribution in [0.3, 0.4) is 0 Å². The van der Waals surface area contributed by atoms with E-state index in [-0.39, 0.29) is 0 Å². The van der Waals surface area contributed by atoms with Gasteiger partial charge in [-0.3, -0.25) is 9.80 Å². The van der Waals surface area contributed by atoms with Crippen molar-refractivity contribution in [2.24, 2.45) is 76.4 Å². The van der Waals surface area contributed by atoms with Gasteiger partial charge in [0.05, 0.1) is 0 Å². The molecule has 9 saturated carbocycles. The van der Waals surface area contributed by atoms with Crippen molar-refractivity contribution in [3.63, 3.8) is 0 Å². The zero-order chi connectivity index (χ0) is 39.4. The molecular formula is C56H96N2. The molecule has 1 heterocycles. The number of hydrogen-bond donors (Lipinski definition) is 0. The van der Waals surface area contributed by atoms with E-state index in [0.717, 1.165) is 107 Å². The van der Waals surface area contributed by atoms with E-state index in [1.165, 1.54) is 77.0 Å². The van der Waals surface area contributed by atoms with Gasteiger partial charge < -0.3 is 0 Å². The molecule has 1 saturated heterocycles. The van der Waals surface area contributed by atoms with E-state index in [0.29, 0.717) is 5.41 Å². The van der Waals surface area contributed by atoms with Crippen LogP contribution in [0.15, 0.2) is 0 Å². The summed E-state index contributed by atoms with van der Waals surface area (Å²) in [7, 11) is 0. The van der Waals surface area contributed by atoms with Crippen molar-refractivity contribution < 1.29 is 0 Å². The van der Waals surface area contributed by atoms with Crippen molar-refractivity contribution in [1.82, 2.24) is 9.80 Å². The Morgan fingerprint density at radius 1 is 0.448 bits per heavy atom. The highest BCUT2D eigenvalue weighted by atomic mass is 15.2. The van der Waals surface area contributed by atoms with Gasteiger partial charge in [-0.25, -0.2) is 0 Å². The lowest BCUT2D eigenvalue weighted by Gasteiger charge is -2.62. The van der Waals surface area contributed by atoms with Crippen molar-refractivity contribution in [1.29, 1.82) is 0 Å². The molecule has 0 spiro atoms. The minimum absolute atomic E-state index is 0.566. The molecule has 2 nitrogen and oxygen atoms in total. The summed E-state index contributed by atoms with van der Waals surface area (Å²) in [5.74, 6) is 12.2. The van der Waals surface area contributed by atoms with Crippen molar-refractivity contribution in [3.05, 3.63) is 0 Å². The average Bonchev–Trinajstić information content (AvgIpc) is 3.27. The van der Waals surface area contributed by atoms with Gasteiger partial charge in [-0.1, -0.05) is 124 Å². The second-order valence-electron chi connectivity index (χ2n) is 25.5. The summed E-state index contributed by atoms with van der Waals surface area (Å²) in [6.07, 6.45) is 51.1. The topological polar surface area (TPSA) is 6.48 Å². The van der Waals surface area contributed by atoms with Crippen molar-refractivity contribution in [2.45, 2.75) is 276 Å². The number of nitrogens with zero attached hydrogens (tertiary/aromatic N) is 2. The Bertz CT molecular complexity index is 1300. The molecule has 0 N–H and O–H groups in total. The Balaban J connectivity index is 0.810. The van der Waals surface area contributed by atoms with Crippen LogP contribution in [-0.4, -0.2) is 46.1 Å². The normalized spacial score (nSPS) is 49.0. The monoisotopic (exact) mass is 797 g/mol. The molecule has 58 heavy (non-hydrogen) atoms. The van der Waals surface area contributed by atoms with Gasteiger partial charge in [0.15, 0.2) is 0 Å². The van der Waals surface area contributed by atoms with Gasteiger partial charge in [0.25, 0.3) is 0 Å². The molecule has 13 unspecified atom stereocenters. The van der Waals surface area contributed by atoms with Gasteiger partial charge in [-0.05, 0) is 192 Å². The predicted molar refractivity (Wildman–Crippen MR) is 246 cm³/mol. The minimum atomic E-state index is 0.566. The van der Waals surface area contributed by atoms with Gasteiger partial charge in [-0.2, -0.15) is 0 Å². The zero-order valence-electron chi connectivity index (χ0n) is 39.1. The Morgan fingerprint density at radius 3 is 1.86 bits per heavy atom. The van der Waals surface area contributed by atoms with Crippen LogP contribution in [0.5, 0.6) is 0 Å². The fourth-order valence-electron chi connectivity index (χ4n) is 19.5. The van der Waals surface area contributed by atoms with Crippen LogP contribution in [-0.2, 0) is 0 Å². The minimum Gasteiger partial charge on any atom is -0.294 e. The molecule has 0 aromatic heterocycles. The summed E-state index contributed by atoms with van der Waals surface area (Å²) in [6, 6.07) is 5.49. The summed E-state index contributed by atoms with van der Waals surface area (Å²) in [6.45, 7) is 10.6. The van der Waals surface area contributed by atoms with Crippen molar-refractivity contribution >= 4 is 0 Å². The molecule has 0 aromatic rings. The van der Waals surface area contributed by atoms with Crippen LogP contribution in [0.1, 0.15) is 240 Å². The molecule has 10 aliphatic rings. The van der Waals surface area contributed by atoms with E-state index in [4.69, 9.17) is 0 Å². The lowest BCUT2D eigenvalue weighted by Crippen LogP contribution is -2.62. The smallest absolute Gasteiger partial charge is 0.0135 e. The lowest BCUT2D eigenvalue weighted by atomic mass is 9.50. The summed E-state index contributed by atoms with van der Waals surface area (Å²) in [5.41, 5.74) is 0.566. The molecule has 330 valence electrons. The van der Waals surface area contributed by atoms with Crippen LogP contribution in [0.2, 0.25) is 0 Å². The molecule has 10 fully saturated rings. The van der Waals surface area contributed by atoms with Crippen molar-refractivity contribution in [2.75, 3.05) is 0 Å². The quantitative estimate of drug-likeness (QED) is 0.253. The van der Waals surface area contributed by atoms with Gasteiger partial charge in [0, 0.05) is 36.3 Å². The number of likely N-dealkylation sites (tertiary alicyclic amines) is 1. The standard InChI is InChI=1S/C56H96N2/c1-38(2)43-17-7-18-44(35-43)45-19-8-21-49(36-45)57(53-25-10-14-41-13-5-6-23-51(41)53)47-31-27-39(28-32-47)40-29-33-48(34-30-40)58-50-22-12-20-46(37-50)56(3,4)52-24-9-15-42-16-11-26-54(58)55(42)52/h38-55H,5-37H2,1-4H3. The van der Waals surface area contributed by atoms with Gasteiger partial charge >= 0.3 is 0 Å². The van der Waals surface area contributed by atoms with Gasteiger partial charge in [-0.15, -0.1) is 0 Å². The molecule has 0 amide bonds. The molecule has 1 aliphatic heterocycles. The van der Waals surface area contributed by atoms with E-state index in [9.17, 15) is 0 Å². The zero-order valence-corrected chi connectivity index (χ0v) is 39.1. The van der Waals surface area contributed by atoms with E-state index < -0.39 is 0 Å². The van der Waals surface area contributed by atoms with Gasteiger partial charge in [0.2, 0.25) is 0 Å². The highest BCUT2D eigenvalue weighted by Gasteiger charge is 2.55. The number of hydrogen-bond acceptors (Lipinski definition) is 2. The molecule has 0 aromatic carbocycles. The first-order valence-electron chi connectivity index (χ1n) is 27.9. The van der Waals surface area contributed by atoms with Crippen LogP contribution >= 0.6 is 0 Å². The fourth-order valence-corrected chi connectivity index (χ4v) is 19.5. The number of fused-ring (bicyclic) bond motifs is 3. The van der Waals surface area contributed by atoms with E-state index in [1.54, 1.807) is 135 Å². The molecule has 13 atom stereocenters. The van der Waals surface area contributed by atoms with Crippen molar-refractivity contribution in [3.8, 4) is 0 Å². The van der Waals surface area contributed by atoms with Crippen LogP contribution in [0.25, 0.3) is 0 Å². The fraction of sp³-hybridized carbons (Fsp3) is 1.00. The van der Waals surface area contributed by atoms with E-state index in [1.807, 2.05) is 0 Å². The largest absolute Gasteiger partial charge is 0.294 e. The second kappa shape index (κ2) is 18.2. The summed E-state index contributed by atoms with van der Waals surface area (Å²) >= 11 is 0. The average molecular weight is 797 g/mol. The molecule has 2 bridgehead atoms. The highest BCUT2D eigenvalue weighted by molar-refractivity contribution is 5.07. The Kier molecular flexibility index (Phi) is 13.1. The third-order valence-corrected chi connectivity index (χ3v) is 22.5. The summed E-state index contributed by atoms with van der Waals surface area (Å²) in [4.78, 5) is 6.82. The van der Waals surface area contributed by atoms with Gasteiger partial charge in [0.1, 0.15) is 0 Å². The molecule has 2 heteroatoms. The first-order chi connectivity index (χ1) is 28.3. The maximum Gasteiger partial charge on any atom is 0.0135 e. The van der Waals surface area contributed by atoms with E-state index >= 15 is 0 Å². The lowest BCUT2D eigenvalue weighted by molar-refractivity contribution is -0.127. The third-order valence-electron chi connectivity index (χ3n) is 22.5. The SMILES string of the molecule is CC(C)C1CCCC(C2CCCC(N(C3CCC(C4CCC(N5C6CCCC(C6)C(C)(C)C6CCCC7CCCC5C76)CC4)CC3)C3CCCC4CCCCC43)C2)C1. The predicted octanol–water partition coefficient (Wildman–Crippen LogP) is 15.3. The molecule has 9 aliphatic carbocycles. The Labute approximate surface area is 360 Å². The summed E-state index contributed by atoms with van der Waals surface area (Å²) < 4.78 is 0. The van der Waals surface area contributed by atoms with Crippen LogP contribution in [0.4, 0.5) is 0 Å². The first kappa shape index (κ1) is 41.9. The van der Waals surface area contributed by atoms with Crippen LogP contribution in [0, 0.1) is 76.4 Å².